The van der Waals surface area contributed by atoms with E-state index in [0.717, 1.165) is 19.3 Å². The molecule has 3 aromatic rings. The lowest BCUT2D eigenvalue weighted by Crippen LogP contribution is -2.68. The molecule has 206 valence electrons. The minimum absolute atomic E-state index is 0.0491. The number of aryl methyl sites for hydroxylation is 1. The Kier molecular flexibility index (Phi) is 5.70. The summed E-state index contributed by atoms with van der Waals surface area (Å²) < 4.78 is 33.1. The topological polar surface area (TPSA) is 148 Å². The molecule has 3 N–H and O–H groups in total. The van der Waals surface area contributed by atoms with E-state index < -0.39 is 24.5 Å². The molecular formula is C25H29FN8O5. The minimum atomic E-state index is -1.55. The third-order valence-corrected chi connectivity index (χ3v) is 7.99. The quantitative estimate of drug-likeness (QED) is 0.427. The van der Waals surface area contributed by atoms with Crippen molar-refractivity contribution in [3.8, 4) is 0 Å². The Morgan fingerprint density at radius 2 is 2.03 bits per heavy atom. The number of fused-ring (bicyclic) bond motifs is 1. The van der Waals surface area contributed by atoms with Crippen LogP contribution in [-0.2, 0) is 14.2 Å². The Bertz CT molecular complexity index is 1420. The number of ether oxygens (including phenoxy) is 3. The van der Waals surface area contributed by atoms with E-state index in [1.54, 1.807) is 27.7 Å². The summed E-state index contributed by atoms with van der Waals surface area (Å²) in [7, 11) is 0. The molecule has 39 heavy (non-hydrogen) atoms. The molecule has 5 fully saturated rings. The van der Waals surface area contributed by atoms with E-state index in [2.05, 4.69) is 30.9 Å². The average molecular weight is 541 g/mol. The first-order valence-corrected chi connectivity index (χ1v) is 13.2. The zero-order chi connectivity index (χ0) is 26.7. The second kappa shape index (κ2) is 9.16. The van der Waals surface area contributed by atoms with Gasteiger partial charge in [0.1, 0.15) is 11.6 Å². The largest absolute Gasteiger partial charge is 0.441 e. The lowest BCUT2D eigenvalue weighted by atomic mass is 9.50. The second-order valence-electron chi connectivity index (χ2n) is 10.9. The number of nitrogens with zero attached hydrogens (tertiary/aromatic N) is 5. The van der Waals surface area contributed by atoms with Gasteiger partial charge in [-0.2, -0.15) is 10.2 Å². The summed E-state index contributed by atoms with van der Waals surface area (Å²) in [4.78, 5) is 31.5. The molecule has 8 rings (SSSR count). The van der Waals surface area contributed by atoms with Gasteiger partial charge in [0.25, 0.3) is 5.91 Å². The molecule has 13 nitrogen and oxygen atoms in total. The van der Waals surface area contributed by atoms with E-state index >= 15 is 4.39 Å². The summed E-state index contributed by atoms with van der Waals surface area (Å²) >= 11 is 0. The summed E-state index contributed by atoms with van der Waals surface area (Å²) in [5, 5.41) is 17.5. The van der Waals surface area contributed by atoms with Crippen molar-refractivity contribution in [3.05, 3.63) is 35.4 Å². The normalized spacial score (nSPS) is 29.5. The van der Waals surface area contributed by atoms with Gasteiger partial charge in [-0.1, -0.05) is 0 Å². The number of alkyl carbamates (subject to hydrolysis) is 1. The van der Waals surface area contributed by atoms with Crippen LogP contribution >= 0.6 is 0 Å². The third kappa shape index (κ3) is 4.36. The summed E-state index contributed by atoms with van der Waals surface area (Å²) in [5.41, 5.74) is 1.83. The van der Waals surface area contributed by atoms with Gasteiger partial charge in [-0.3, -0.25) is 9.89 Å². The van der Waals surface area contributed by atoms with Crippen LogP contribution in [0.4, 0.5) is 20.8 Å². The molecule has 0 aromatic carbocycles. The van der Waals surface area contributed by atoms with Gasteiger partial charge in [0.05, 0.1) is 37.4 Å². The number of rotatable bonds is 6. The number of alkyl halides is 1. The number of carbonyl (C=O) groups is 2. The number of amides is 2. The van der Waals surface area contributed by atoms with Gasteiger partial charge in [0, 0.05) is 30.8 Å². The number of halogens is 1. The molecule has 3 atom stereocenters. The van der Waals surface area contributed by atoms with Crippen molar-refractivity contribution in [3.63, 3.8) is 0 Å². The number of aromatic amines is 1. The summed E-state index contributed by atoms with van der Waals surface area (Å²) in [6.07, 6.45) is 0.541. The van der Waals surface area contributed by atoms with Gasteiger partial charge < -0.3 is 29.7 Å². The molecule has 14 heteroatoms. The van der Waals surface area contributed by atoms with Gasteiger partial charge in [-0.15, -0.1) is 0 Å². The van der Waals surface area contributed by atoms with Crippen molar-refractivity contribution >= 4 is 29.2 Å². The highest BCUT2D eigenvalue weighted by molar-refractivity contribution is 5.94. The smallest absolute Gasteiger partial charge is 0.408 e. The molecule has 3 aliphatic carbocycles. The number of hydrogen-bond donors (Lipinski definition) is 3. The molecule has 3 saturated carbocycles. The molecule has 0 unspecified atom stereocenters. The summed E-state index contributed by atoms with van der Waals surface area (Å²) in [6, 6.07) is 3.30. The Labute approximate surface area is 222 Å². The Balaban J connectivity index is 1.03. The van der Waals surface area contributed by atoms with E-state index in [9.17, 15) is 9.59 Å². The molecule has 2 saturated heterocycles. The molecule has 5 aliphatic rings. The van der Waals surface area contributed by atoms with Crippen LogP contribution in [0.1, 0.15) is 47.2 Å². The van der Waals surface area contributed by atoms with E-state index in [1.807, 2.05) is 6.92 Å². The fourth-order valence-corrected chi connectivity index (χ4v) is 5.85. The number of hydrogen-bond acceptors (Lipinski definition) is 9. The number of aromatic nitrogens is 5. The highest BCUT2D eigenvalue weighted by Gasteiger charge is 2.58. The van der Waals surface area contributed by atoms with Gasteiger partial charge in [-0.05, 0) is 32.1 Å². The van der Waals surface area contributed by atoms with E-state index in [4.69, 9.17) is 14.2 Å². The first kappa shape index (κ1) is 24.3. The molecule has 5 heterocycles. The lowest BCUT2D eigenvalue weighted by Gasteiger charge is -2.61. The van der Waals surface area contributed by atoms with Crippen LogP contribution in [0.2, 0.25) is 0 Å². The summed E-state index contributed by atoms with van der Waals surface area (Å²) in [5.74, 6) is 1.36. The van der Waals surface area contributed by atoms with Crippen LogP contribution in [0.5, 0.6) is 0 Å². The van der Waals surface area contributed by atoms with Crippen LogP contribution < -0.4 is 10.6 Å². The van der Waals surface area contributed by atoms with Crippen molar-refractivity contribution in [1.82, 2.24) is 35.0 Å². The van der Waals surface area contributed by atoms with Crippen LogP contribution in [0, 0.1) is 12.8 Å². The van der Waals surface area contributed by atoms with Crippen molar-refractivity contribution in [2.24, 2.45) is 5.92 Å². The maximum absolute atomic E-state index is 15.2. The fraction of sp³-hybridized carbons (Fsp3) is 0.560. The van der Waals surface area contributed by atoms with Crippen molar-refractivity contribution in [2.45, 2.75) is 50.1 Å². The summed E-state index contributed by atoms with van der Waals surface area (Å²) in [6.45, 7) is 3.80. The molecule has 3 aromatic heterocycles. The second-order valence-corrected chi connectivity index (χ2v) is 10.9. The number of H-pyrrole nitrogens is 1. The van der Waals surface area contributed by atoms with Crippen LogP contribution in [0.25, 0.3) is 5.52 Å². The fourth-order valence-electron chi connectivity index (χ4n) is 5.85. The Morgan fingerprint density at radius 3 is 2.77 bits per heavy atom. The van der Waals surface area contributed by atoms with Gasteiger partial charge in [0.15, 0.2) is 29.6 Å². The van der Waals surface area contributed by atoms with E-state index in [-0.39, 0.29) is 18.1 Å². The van der Waals surface area contributed by atoms with Gasteiger partial charge >= 0.3 is 6.09 Å². The van der Waals surface area contributed by atoms with Gasteiger partial charge in [-0.25, -0.2) is 18.7 Å². The molecule has 2 bridgehead atoms. The van der Waals surface area contributed by atoms with Crippen LogP contribution in [-0.4, -0.2) is 92.4 Å². The first-order chi connectivity index (χ1) is 18.9. The molecule has 2 amide bonds. The number of nitrogens with one attached hydrogen (secondary N) is 3. The predicted molar refractivity (Wildman–Crippen MR) is 133 cm³/mol. The highest BCUT2D eigenvalue weighted by atomic mass is 19.1. The van der Waals surface area contributed by atoms with E-state index in [1.165, 1.54) is 0 Å². The molecular weight excluding hydrogens is 511 g/mol. The average Bonchev–Trinajstić information content (AvgIpc) is 3.60. The number of anilines is 2. The van der Waals surface area contributed by atoms with Crippen molar-refractivity contribution in [2.75, 3.05) is 38.2 Å². The molecule has 0 spiro atoms. The SMILES string of the molecule is Cc1cn2nc(C(=O)N3CCOCC3)cc2c(Nc2cc([C@@H]3OC[C@H](OC(=O)NC45CC(C4)C5)[C@H]3F)[nH]n2)n1. The predicted octanol–water partition coefficient (Wildman–Crippen LogP) is 2.03. The standard InChI is InChI=1S/C25H29FN8O5/c1-13-11-34-17(6-16(32-34)23(35)33-2-4-37-5-3-33)22(27-13)28-19-7-15(30-31-19)21-20(26)18(12-38-21)39-24(36)29-25-8-14(9-25)10-25/h6-7,11,14,18,20-21H,2-5,8-10,12H2,1H3,(H,29,36)(H2,27,28,30,31)/t14?,18-,20+,21-,25?/m0/s1. The zero-order valence-corrected chi connectivity index (χ0v) is 21.4. The van der Waals surface area contributed by atoms with Crippen LogP contribution in [0.3, 0.4) is 0 Å². The monoisotopic (exact) mass is 540 g/mol. The Hall–Kier alpha value is -3.78. The molecule has 0 radical (unpaired) electrons. The number of morpholine rings is 1. The first-order valence-electron chi connectivity index (χ1n) is 13.2. The highest BCUT2D eigenvalue weighted by Crippen LogP contribution is 2.57. The minimum Gasteiger partial charge on any atom is -0.441 e. The zero-order valence-electron chi connectivity index (χ0n) is 21.4. The lowest BCUT2D eigenvalue weighted by molar-refractivity contribution is -0.0528. The van der Waals surface area contributed by atoms with E-state index in [0.29, 0.717) is 66.5 Å². The van der Waals surface area contributed by atoms with Crippen LogP contribution in [0.15, 0.2) is 18.3 Å². The Morgan fingerprint density at radius 1 is 1.23 bits per heavy atom. The van der Waals surface area contributed by atoms with Crippen molar-refractivity contribution in [1.29, 1.82) is 0 Å². The van der Waals surface area contributed by atoms with Crippen molar-refractivity contribution < 1.29 is 28.2 Å². The number of carbonyl (C=O) groups excluding carboxylic acids is 2. The van der Waals surface area contributed by atoms with Gasteiger partial charge in [0.2, 0.25) is 0 Å². The third-order valence-electron chi connectivity index (χ3n) is 7.99. The molecule has 2 aliphatic heterocycles. The maximum Gasteiger partial charge on any atom is 0.408 e. The maximum atomic E-state index is 15.2.